The van der Waals surface area contributed by atoms with Crippen LogP contribution in [0.3, 0.4) is 0 Å². The van der Waals surface area contributed by atoms with Crippen molar-refractivity contribution in [2.24, 2.45) is 0 Å². The van der Waals surface area contributed by atoms with Crippen molar-refractivity contribution in [1.29, 1.82) is 0 Å². The minimum Gasteiger partial charge on any atom is -0.481 e. The Hall–Kier alpha value is -1.56. The molecule has 0 aromatic carbocycles. The van der Waals surface area contributed by atoms with Gasteiger partial charge in [0.15, 0.2) is 0 Å². The highest BCUT2D eigenvalue weighted by Gasteiger charge is 2.53. The predicted molar refractivity (Wildman–Crippen MR) is 64.1 cm³/mol. The van der Waals surface area contributed by atoms with Crippen molar-refractivity contribution < 1.29 is 28.5 Å². The second-order valence-corrected chi connectivity index (χ2v) is 4.91. The van der Waals surface area contributed by atoms with Gasteiger partial charge >= 0.3 is 11.9 Å². The molecule has 2 heterocycles. The molecule has 2 fully saturated rings. The van der Waals surface area contributed by atoms with Crippen LogP contribution in [-0.4, -0.2) is 42.5 Å². The maximum atomic E-state index is 11.7. The number of allylic oxidation sites excluding steroid dienone is 1. The summed E-state index contributed by atoms with van der Waals surface area (Å²) < 4.78 is 21.4. The SMILES string of the molecule is C=C(C)OC1C(=O)OC2C[C@@H](OC(C)=O)[C@H](C)OC21. The zero-order valence-corrected chi connectivity index (χ0v) is 11.3. The summed E-state index contributed by atoms with van der Waals surface area (Å²) >= 11 is 0. The maximum absolute atomic E-state index is 11.7. The fraction of sp³-hybridized carbons (Fsp3) is 0.692. The van der Waals surface area contributed by atoms with Crippen molar-refractivity contribution in [3.63, 3.8) is 0 Å². The zero-order chi connectivity index (χ0) is 14.2. The molecule has 2 rings (SSSR count). The summed E-state index contributed by atoms with van der Waals surface area (Å²) in [6.45, 7) is 8.41. The standard InChI is InChI=1S/C13H18O6/c1-6(2)16-12-11-10(19-13(12)15)5-9(7(3)17-11)18-8(4)14/h7,9-12H,1,5H2,2-4H3/t7-,9+,10?,11?,12?/m0/s1. The fourth-order valence-corrected chi connectivity index (χ4v) is 2.40. The summed E-state index contributed by atoms with van der Waals surface area (Å²) in [4.78, 5) is 22.7. The van der Waals surface area contributed by atoms with Gasteiger partial charge in [0.25, 0.3) is 0 Å². The first kappa shape index (κ1) is 13.9. The third-order valence-electron chi connectivity index (χ3n) is 3.17. The lowest BCUT2D eigenvalue weighted by molar-refractivity contribution is -0.185. The van der Waals surface area contributed by atoms with E-state index in [-0.39, 0.29) is 12.1 Å². The van der Waals surface area contributed by atoms with Crippen LogP contribution in [-0.2, 0) is 28.5 Å². The van der Waals surface area contributed by atoms with E-state index in [4.69, 9.17) is 18.9 Å². The molecular formula is C13H18O6. The second kappa shape index (κ2) is 5.21. The van der Waals surface area contributed by atoms with Gasteiger partial charge in [0.05, 0.1) is 11.9 Å². The number of carbonyl (C=O) groups is 2. The zero-order valence-electron chi connectivity index (χ0n) is 11.3. The number of hydrogen-bond acceptors (Lipinski definition) is 6. The minimum atomic E-state index is -0.789. The Labute approximate surface area is 111 Å². The van der Waals surface area contributed by atoms with E-state index in [0.717, 1.165) is 0 Å². The summed E-state index contributed by atoms with van der Waals surface area (Å²) in [6.07, 6.45) is -2.01. The normalized spacial score (nSPS) is 37.2. The van der Waals surface area contributed by atoms with E-state index in [1.54, 1.807) is 13.8 Å². The predicted octanol–water partition coefficient (Wildman–Crippen LogP) is 0.940. The molecule has 2 aliphatic heterocycles. The Morgan fingerprint density at radius 3 is 2.63 bits per heavy atom. The van der Waals surface area contributed by atoms with E-state index < -0.39 is 30.4 Å². The molecule has 0 bridgehead atoms. The highest BCUT2D eigenvalue weighted by Crippen LogP contribution is 2.33. The van der Waals surface area contributed by atoms with Crippen molar-refractivity contribution in [3.8, 4) is 0 Å². The first-order valence-corrected chi connectivity index (χ1v) is 6.24. The van der Waals surface area contributed by atoms with Gasteiger partial charge in [-0.1, -0.05) is 6.58 Å². The third kappa shape index (κ3) is 2.89. The largest absolute Gasteiger partial charge is 0.481 e. The Bertz CT molecular complexity index is 404. The van der Waals surface area contributed by atoms with Crippen LogP contribution in [0.15, 0.2) is 12.3 Å². The molecular weight excluding hydrogens is 252 g/mol. The van der Waals surface area contributed by atoms with E-state index in [1.165, 1.54) is 6.92 Å². The summed E-state index contributed by atoms with van der Waals surface area (Å²) in [5, 5.41) is 0. The van der Waals surface area contributed by atoms with Crippen molar-refractivity contribution in [2.45, 2.75) is 57.7 Å². The summed E-state index contributed by atoms with van der Waals surface area (Å²) in [7, 11) is 0. The van der Waals surface area contributed by atoms with Gasteiger partial charge in [-0.15, -0.1) is 0 Å². The maximum Gasteiger partial charge on any atom is 0.350 e. The number of fused-ring (bicyclic) bond motifs is 1. The Balaban J connectivity index is 2.07. The monoisotopic (exact) mass is 270 g/mol. The molecule has 0 aromatic heterocycles. The quantitative estimate of drug-likeness (QED) is 0.561. The van der Waals surface area contributed by atoms with Gasteiger partial charge in [0.1, 0.15) is 18.3 Å². The van der Waals surface area contributed by atoms with E-state index in [0.29, 0.717) is 12.2 Å². The van der Waals surface area contributed by atoms with E-state index in [2.05, 4.69) is 6.58 Å². The van der Waals surface area contributed by atoms with Gasteiger partial charge in [-0.05, 0) is 13.8 Å². The van der Waals surface area contributed by atoms with Gasteiger partial charge in [-0.3, -0.25) is 4.79 Å². The summed E-state index contributed by atoms with van der Waals surface area (Å²) in [5.74, 6) is -0.410. The van der Waals surface area contributed by atoms with Crippen molar-refractivity contribution >= 4 is 11.9 Å². The van der Waals surface area contributed by atoms with Crippen LogP contribution in [0.2, 0.25) is 0 Å². The van der Waals surface area contributed by atoms with Crippen LogP contribution < -0.4 is 0 Å². The van der Waals surface area contributed by atoms with Crippen LogP contribution in [0.4, 0.5) is 0 Å². The number of carbonyl (C=O) groups excluding carboxylic acids is 2. The molecule has 6 nitrogen and oxygen atoms in total. The summed E-state index contributed by atoms with van der Waals surface area (Å²) in [6, 6.07) is 0. The lowest BCUT2D eigenvalue weighted by atomic mass is 9.97. The highest BCUT2D eigenvalue weighted by molar-refractivity contribution is 5.78. The highest BCUT2D eigenvalue weighted by atomic mass is 16.6. The van der Waals surface area contributed by atoms with Crippen LogP contribution in [0, 0.1) is 0 Å². The molecule has 0 radical (unpaired) electrons. The molecule has 2 saturated heterocycles. The van der Waals surface area contributed by atoms with Gasteiger partial charge in [0.2, 0.25) is 6.10 Å². The molecule has 6 heteroatoms. The Morgan fingerprint density at radius 2 is 2.05 bits per heavy atom. The Morgan fingerprint density at radius 1 is 1.37 bits per heavy atom. The van der Waals surface area contributed by atoms with Crippen LogP contribution in [0.25, 0.3) is 0 Å². The molecule has 0 aromatic rings. The van der Waals surface area contributed by atoms with Gasteiger partial charge in [-0.25, -0.2) is 4.79 Å². The third-order valence-corrected chi connectivity index (χ3v) is 3.17. The smallest absolute Gasteiger partial charge is 0.350 e. The van der Waals surface area contributed by atoms with E-state index in [9.17, 15) is 9.59 Å². The lowest BCUT2D eigenvalue weighted by Gasteiger charge is -2.35. The molecule has 19 heavy (non-hydrogen) atoms. The van der Waals surface area contributed by atoms with Gasteiger partial charge < -0.3 is 18.9 Å². The first-order chi connectivity index (χ1) is 8.88. The van der Waals surface area contributed by atoms with Crippen molar-refractivity contribution in [1.82, 2.24) is 0 Å². The summed E-state index contributed by atoms with van der Waals surface area (Å²) in [5.41, 5.74) is 0. The lowest BCUT2D eigenvalue weighted by Crippen LogP contribution is -2.49. The number of rotatable bonds is 3. The average Bonchev–Trinajstić information content (AvgIpc) is 2.55. The van der Waals surface area contributed by atoms with Crippen LogP contribution in [0.1, 0.15) is 27.2 Å². The number of esters is 2. The first-order valence-electron chi connectivity index (χ1n) is 6.24. The van der Waals surface area contributed by atoms with Crippen molar-refractivity contribution in [3.05, 3.63) is 12.3 Å². The molecule has 0 N–H and O–H groups in total. The second-order valence-electron chi connectivity index (χ2n) is 4.91. The van der Waals surface area contributed by atoms with Crippen LogP contribution >= 0.6 is 0 Å². The Kier molecular flexibility index (Phi) is 3.80. The molecule has 0 aliphatic carbocycles. The average molecular weight is 270 g/mol. The topological polar surface area (TPSA) is 71.1 Å². The molecule has 0 amide bonds. The molecule has 2 aliphatic rings. The molecule has 0 spiro atoms. The number of hydrogen-bond donors (Lipinski definition) is 0. The molecule has 3 unspecified atom stereocenters. The van der Waals surface area contributed by atoms with Gasteiger partial charge in [-0.2, -0.15) is 0 Å². The van der Waals surface area contributed by atoms with Crippen LogP contribution in [0.5, 0.6) is 0 Å². The number of ether oxygens (including phenoxy) is 4. The van der Waals surface area contributed by atoms with Gasteiger partial charge in [0, 0.05) is 13.3 Å². The van der Waals surface area contributed by atoms with Crippen molar-refractivity contribution in [2.75, 3.05) is 0 Å². The fourth-order valence-electron chi connectivity index (χ4n) is 2.40. The molecule has 106 valence electrons. The minimum absolute atomic E-state index is 0.309. The van der Waals surface area contributed by atoms with E-state index >= 15 is 0 Å². The van der Waals surface area contributed by atoms with E-state index in [1.807, 2.05) is 0 Å². The molecule has 5 atom stereocenters. The molecule has 0 saturated carbocycles.